The molecule has 0 amide bonds. The summed E-state index contributed by atoms with van der Waals surface area (Å²) in [5, 5.41) is 4.78. The van der Waals surface area contributed by atoms with Crippen LogP contribution < -0.4 is 10.2 Å². The van der Waals surface area contributed by atoms with Gasteiger partial charge in [-0.25, -0.2) is 4.98 Å². The predicted octanol–water partition coefficient (Wildman–Crippen LogP) is 2.99. The topological polar surface area (TPSA) is 37.4 Å². The largest absolute Gasteiger partial charge is 0.375 e. The molecule has 0 bridgehead atoms. The molecule has 1 saturated heterocycles. The van der Waals surface area contributed by atoms with Crippen molar-refractivity contribution < 1.29 is 4.74 Å². The monoisotopic (exact) mass is 309 g/mol. The van der Waals surface area contributed by atoms with Crippen LogP contribution in [0.2, 0.25) is 0 Å². The molecule has 1 aromatic heterocycles. The number of ether oxygens (including phenoxy) is 1. The van der Waals surface area contributed by atoms with Crippen LogP contribution in [0.15, 0.2) is 0 Å². The Labute approximate surface area is 131 Å². The van der Waals surface area contributed by atoms with Gasteiger partial charge in [-0.3, -0.25) is 0 Å². The van der Waals surface area contributed by atoms with E-state index < -0.39 is 0 Å². The molecule has 5 heteroatoms. The summed E-state index contributed by atoms with van der Waals surface area (Å²) in [6.07, 6.45) is 2.95. The molecule has 4 nitrogen and oxygen atoms in total. The fraction of sp³-hybridized carbons (Fsp3) is 0.812. The van der Waals surface area contributed by atoms with Gasteiger partial charge in [0.15, 0.2) is 5.13 Å². The highest BCUT2D eigenvalue weighted by molar-refractivity contribution is 7.15. The van der Waals surface area contributed by atoms with Gasteiger partial charge in [0.2, 0.25) is 0 Å². The van der Waals surface area contributed by atoms with Crippen LogP contribution in [-0.2, 0) is 11.3 Å². The van der Waals surface area contributed by atoms with Gasteiger partial charge in [0.05, 0.1) is 18.4 Å². The summed E-state index contributed by atoms with van der Waals surface area (Å²) >= 11 is 1.88. The van der Waals surface area contributed by atoms with Gasteiger partial charge in [0.1, 0.15) is 0 Å². The molecule has 1 aromatic rings. The van der Waals surface area contributed by atoms with Crippen LogP contribution in [0.25, 0.3) is 0 Å². The Hall–Kier alpha value is -0.650. The van der Waals surface area contributed by atoms with Crippen molar-refractivity contribution in [1.29, 1.82) is 0 Å². The molecule has 2 aliphatic rings. The van der Waals surface area contributed by atoms with Crippen LogP contribution in [-0.4, -0.2) is 37.3 Å². The number of nitrogens with one attached hydrogen (secondary N) is 1. The minimum absolute atomic E-state index is 0.314. The van der Waals surface area contributed by atoms with Crippen LogP contribution >= 0.6 is 11.3 Å². The number of anilines is 1. The van der Waals surface area contributed by atoms with E-state index in [0.717, 1.165) is 38.7 Å². The smallest absolute Gasteiger partial charge is 0.186 e. The number of rotatable bonds is 6. The fourth-order valence-corrected chi connectivity index (χ4v) is 3.91. The molecule has 1 unspecified atom stereocenters. The first-order valence-corrected chi connectivity index (χ1v) is 9.02. The lowest BCUT2D eigenvalue weighted by molar-refractivity contribution is 0.0532. The highest BCUT2D eigenvalue weighted by atomic mass is 32.1. The van der Waals surface area contributed by atoms with E-state index >= 15 is 0 Å². The highest BCUT2D eigenvalue weighted by Crippen LogP contribution is 2.44. The second kappa shape index (κ2) is 6.63. The van der Waals surface area contributed by atoms with Crippen molar-refractivity contribution in [3.05, 3.63) is 10.6 Å². The maximum absolute atomic E-state index is 5.64. The quantitative estimate of drug-likeness (QED) is 0.876. The zero-order valence-corrected chi connectivity index (χ0v) is 14.2. The Morgan fingerprint density at radius 1 is 1.43 bits per heavy atom. The van der Waals surface area contributed by atoms with E-state index in [0.29, 0.717) is 12.0 Å². The van der Waals surface area contributed by atoms with Crippen LogP contribution in [0.5, 0.6) is 0 Å². The third kappa shape index (κ3) is 3.96. The van der Waals surface area contributed by atoms with Crippen LogP contribution in [0.4, 0.5) is 5.13 Å². The first-order chi connectivity index (χ1) is 10.1. The summed E-state index contributed by atoms with van der Waals surface area (Å²) in [4.78, 5) is 8.83. The zero-order chi connectivity index (χ0) is 14.8. The van der Waals surface area contributed by atoms with Crippen LogP contribution in [0.3, 0.4) is 0 Å². The molecule has 3 rings (SSSR count). The summed E-state index contributed by atoms with van der Waals surface area (Å²) in [5.41, 5.74) is 1.37. The molecule has 21 heavy (non-hydrogen) atoms. The third-order valence-electron chi connectivity index (χ3n) is 4.03. The molecule has 0 aromatic carbocycles. The van der Waals surface area contributed by atoms with Crippen molar-refractivity contribution in [2.75, 3.05) is 31.1 Å². The number of hydrogen-bond acceptors (Lipinski definition) is 5. The Bertz CT molecular complexity index is 470. The van der Waals surface area contributed by atoms with Gasteiger partial charge in [-0.05, 0) is 32.2 Å². The maximum atomic E-state index is 5.64. The van der Waals surface area contributed by atoms with Crippen molar-refractivity contribution in [1.82, 2.24) is 10.3 Å². The second-order valence-corrected chi connectivity index (χ2v) is 7.79. The molecule has 118 valence electrons. The summed E-state index contributed by atoms with van der Waals surface area (Å²) in [7, 11) is 0. The predicted molar refractivity (Wildman–Crippen MR) is 88.3 cm³/mol. The fourth-order valence-electron chi connectivity index (χ4n) is 2.75. The number of hydrogen-bond donors (Lipinski definition) is 1. The van der Waals surface area contributed by atoms with Crippen LogP contribution in [0, 0.1) is 5.92 Å². The van der Waals surface area contributed by atoms with Gasteiger partial charge in [0.25, 0.3) is 0 Å². The normalized spacial score (nSPS) is 23.0. The third-order valence-corrected chi connectivity index (χ3v) is 5.16. The molecule has 0 spiro atoms. The average molecular weight is 309 g/mol. The molecular weight excluding hydrogens is 282 g/mol. The van der Waals surface area contributed by atoms with Crippen LogP contribution in [0.1, 0.15) is 50.1 Å². The summed E-state index contributed by atoms with van der Waals surface area (Å²) in [6, 6.07) is 0. The van der Waals surface area contributed by atoms with Gasteiger partial charge in [-0.2, -0.15) is 0 Å². The van der Waals surface area contributed by atoms with Gasteiger partial charge in [-0.15, -0.1) is 11.3 Å². The first kappa shape index (κ1) is 15.3. The summed E-state index contributed by atoms with van der Waals surface area (Å²) in [6.45, 7) is 11.5. The van der Waals surface area contributed by atoms with E-state index in [9.17, 15) is 0 Å². The lowest BCUT2D eigenvalue weighted by Gasteiger charge is -2.30. The molecule has 1 atom stereocenters. The summed E-state index contributed by atoms with van der Waals surface area (Å²) < 4.78 is 5.64. The molecule has 0 radical (unpaired) electrons. The first-order valence-electron chi connectivity index (χ1n) is 8.20. The number of morpholine rings is 1. The molecule has 1 aliphatic carbocycles. The molecule has 1 aliphatic heterocycles. The van der Waals surface area contributed by atoms with Crippen molar-refractivity contribution in [2.45, 2.75) is 52.2 Å². The molecule has 2 fully saturated rings. The van der Waals surface area contributed by atoms with Gasteiger partial charge < -0.3 is 15.0 Å². The Balaban J connectivity index is 1.69. The van der Waals surface area contributed by atoms with Crippen molar-refractivity contribution in [2.24, 2.45) is 5.92 Å². The number of aromatic nitrogens is 1. The second-order valence-electron chi connectivity index (χ2n) is 6.73. The van der Waals surface area contributed by atoms with Crippen molar-refractivity contribution >= 4 is 16.5 Å². The summed E-state index contributed by atoms with van der Waals surface area (Å²) in [5.74, 6) is 1.42. The van der Waals surface area contributed by atoms with E-state index in [1.165, 1.54) is 28.5 Å². The Kier molecular flexibility index (Phi) is 4.82. The van der Waals surface area contributed by atoms with E-state index in [2.05, 4.69) is 31.0 Å². The van der Waals surface area contributed by atoms with Gasteiger partial charge in [-0.1, -0.05) is 13.8 Å². The lowest BCUT2D eigenvalue weighted by atomic mass is 10.2. The van der Waals surface area contributed by atoms with Crippen molar-refractivity contribution in [3.63, 3.8) is 0 Å². The number of nitrogens with zero attached hydrogens (tertiary/aromatic N) is 2. The number of thiazole rings is 1. The molecule has 2 heterocycles. The molecular formula is C16H27N3OS. The van der Waals surface area contributed by atoms with E-state index in [1.807, 2.05) is 11.3 Å². The standard InChI is InChI=1S/C16H27N3OS/c1-11(2)8-17-9-14-15(13-4-5-13)18-16(21-14)19-6-7-20-12(3)10-19/h11-13,17H,4-10H2,1-3H3. The van der Waals surface area contributed by atoms with E-state index in [4.69, 9.17) is 9.72 Å². The minimum atomic E-state index is 0.314. The Morgan fingerprint density at radius 2 is 2.24 bits per heavy atom. The van der Waals surface area contributed by atoms with E-state index in [1.54, 1.807) is 0 Å². The average Bonchev–Trinajstić information content (AvgIpc) is 3.19. The van der Waals surface area contributed by atoms with Gasteiger partial charge >= 0.3 is 0 Å². The zero-order valence-electron chi connectivity index (χ0n) is 13.4. The highest BCUT2D eigenvalue weighted by Gasteiger charge is 2.31. The van der Waals surface area contributed by atoms with E-state index in [-0.39, 0.29) is 0 Å². The van der Waals surface area contributed by atoms with Crippen molar-refractivity contribution in [3.8, 4) is 0 Å². The minimum Gasteiger partial charge on any atom is -0.375 e. The SMILES string of the molecule is CC(C)CNCc1sc(N2CCOC(C)C2)nc1C1CC1. The Morgan fingerprint density at radius 3 is 2.90 bits per heavy atom. The van der Waals surface area contributed by atoms with Gasteiger partial charge in [0, 0.05) is 30.4 Å². The molecule has 1 saturated carbocycles. The molecule has 1 N–H and O–H groups in total. The lowest BCUT2D eigenvalue weighted by Crippen LogP contribution is -2.41. The maximum Gasteiger partial charge on any atom is 0.186 e.